The summed E-state index contributed by atoms with van der Waals surface area (Å²) in [5, 5.41) is 8.70. The molecule has 3 N–H and O–H groups in total. The quantitative estimate of drug-likeness (QED) is 0.878. The Labute approximate surface area is 128 Å². The minimum absolute atomic E-state index is 0.185. The highest BCUT2D eigenvalue weighted by Crippen LogP contribution is 2.29. The molecule has 0 radical (unpaired) electrons. The van der Waals surface area contributed by atoms with E-state index in [0.29, 0.717) is 12.6 Å². The van der Waals surface area contributed by atoms with Gasteiger partial charge in [0, 0.05) is 12.6 Å². The topological polar surface area (TPSA) is 72.2 Å². The summed E-state index contributed by atoms with van der Waals surface area (Å²) in [6, 6.07) is 7.40. The fraction of sp³-hybridized carbons (Fsp3) is 0.625. The van der Waals surface area contributed by atoms with Gasteiger partial charge >= 0.3 is 0 Å². The van der Waals surface area contributed by atoms with E-state index in [1.165, 1.54) is 31.7 Å². The molecule has 0 saturated heterocycles. The first-order valence-corrected chi connectivity index (χ1v) is 9.26. The average Bonchev–Trinajstić information content (AvgIpc) is 2.45. The van der Waals surface area contributed by atoms with Crippen molar-refractivity contribution in [1.82, 2.24) is 5.32 Å². The van der Waals surface area contributed by atoms with Crippen LogP contribution in [0.25, 0.3) is 0 Å². The lowest BCUT2D eigenvalue weighted by atomic mass is 9.80. The summed E-state index contributed by atoms with van der Waals surface area (Å²) >= 11 is 0. The molecule has 1 fully saturated rings. The van der Waals surface area contributed by atoms with Crippen LogP contribution in [0.1, 0.15) is 45.1 Å². The summed E-state index contributed by atoms with van der Waals surface area (Å²) in [5.74, 6) is 1.63. The highest BCUT2D eigenvalue weighted by molar-refractivity contribution is 7.89. The van der Waals surface area contributed by atoms with Crippen molar-refractivity contribution < 1.29 is 8.42 Å². The Bertz CT molecular complexity index is 561. The zero-order valence-corrected chi connectivity index (χ0v) is 13.7. The van der Waals surface area contributed by atoms with Crippen LogP contribution in [0.2, 0.25) is 0 Å². The number of hydrogen-bond acceptors (Lipinski definition) is 3. The fourth-order valence-electron chi connectivity index (χ4n) is 3.08. The van der Waals surface area contributed by atoms with Crippen molar-refractivity contribution in [3.05, 3.63) is 29.8 Å². The first-order chi connectivity index (χ1) is 9.86. The Morgan fingerprint density at radius 1 is 1.24 bits per heavy atom. The van der Waals surface area contributed by atoms with E-state index >= 15 is 0 Å². The summed E-state index contributed by atoms with van der Waals surface area (Å²) in [4.78, 5) is 0.185. The summed E-state index contributed by atoms with van der Waals surface area (Å²) in [7, 11) is -3.61. The molecule has 5 heteroatoms. The summed E-state index contributed by atoms with van der Waals surface area (Å²) in [6.45, 7) is 5.30. The second kappa shape index (κ2) is 6.90. The fourth-order valence-corrected chi connectivity index (χ4v) is 3.67. The van der Waals surface area contributed by atoms with Crippen molar-refractivity contribution in [3.8, 4) is 0 Å². The standard InChI is InChI=1S/C16H26N2O2S/c1-12(2)14-6-8-15(9-7-14)18-11-13-4-3-5-16(10-13)21(17,19)20/h3-5,10,12,14-15,18H,6-9,11H2,1-2H3,(H2,17,19,20). The predicted molar refractivity (Wildman–Crippen MR) is 85.2 cm³/mol. The van der Waals surface area contributed by atoms with E-state index in [4.69, 9.17) is 5.14 Å². The van der Waals surface area contributed by atoms with Crippen molar-refractivity contribution in [2.75, 3.05) is 0 Å². The second-order valence-electron chi connectivity index (χ2n) is 6.43. The highest BCUT2D eigenvalue weighted by Gasteiger charge is 2.22. The molecule has 0 bridgehead atoms. The highest BCUT2D eigenvalue weighted by atomic mass is 32.2. The van der Waals surface area contributed by atoms with Gasteiger partial charge in [0.05, 0.1) is 4.90 Å². The molecule has 4 nitrogen and oxygen atoms in total. The van der Waals surface area contributed by atoms with Gasteiger partial charge in [-0.05, 0) is 55.2 Å². The van der Waals surface area contributed by atoms with Crippen LogP contribution >= 0.6 is 0 Å². The summed E-state index contributed by atoms with van der Waals surface area (Å²) in [5.41, 5.74) is 0.965. The molecule has 0 atom stereocenters. The van der Waals surface area contributed by atoms with Crippen LogP contribution in [0, 0.1) is 11.8 Å². The van der Waals surface area contributed by atoms with E-state index in [2.05, 4.69) is 19.2 Å². The first kappa shape index (κ1) is 16.5. The van der Waals surface area contributed by atoms with Crippen LogP contribution in [0.5, 0.6) is 0 Å². The lowest BCUT2D eigenvalue weighted by molar-refractivity contribution is 0.238. The van der Waals surface area contributed by atoms with Crippen molar-refractivity contribution in [1.29, 1.82) is 0 Å². The number of sulfonamides is 1. The zero-order valence-electron chi connectivity index (χ0n) is 12.9. The van der Waals surface area contributed by atoms with Crippen LogP contribution in [0.15, 0.2) is 29.2 Å². The number of primary sulfonamides is 1. The van der Waals surface area contributed by atoms with Crippen LogP contribution < -0.4 is 10.5 Å². The molecule has 1 aliphatic carbocycles. The molecule has 118 valence electrons. The Morgan fingerprint density at radius 2 is 1.90 bits per heavy atom. The third kappa shape index (κ3) is 4.80. The molecule has 21 heavy (non-hydrogen) atoms. The second-order valence-corrected chi connectivity index (χ2v) is 7.99. The first-order valence-electron chi connectivity index (χ1n) is 7.71. The minimum Gasteiger partial charge on any atom is -0.310 e. The van der Waals surface area contributed by atoms with E-state index in [1.807, 2.05) is 6.07 Å². The molecule has 0 aromatic heterocycles. The van der Waals surface area contributed by atoms with E-state index in [1.54, 1.807) is 12.1 Å². The van der Waals surface area contributed by atoms with Gasteiger partial charge in [0.2, 0.25) is 10.0 Å². The van der Waals surface area contributed by atoms with Crippen molar-refractivity contribution >= 4 is 10.0 Å². The lowest BCUT2D eigenvalue weighted by Crippen LogP contribution is -2.33. The Morgan fingerprint density at radius 3 is 2.48 bits per heavy atom. The van der Waals surface area contributed by atoms with Gasteiger partial charge in [-0.25, -0.2) is 13.6 Å². The van der Waals surface area contributed by atoms with Crippen LogP contribution in [0.4, 0.5) is 0 Å². The number of rotatable bonds is 5. The van der Waals surface area contributed by atoms with Gasteiger partial charge in [0.25, 0.3) is 0 Å². The van der Waals surface area contributed by atoms with Crippen LogP contribution in [0.3, 0.4) is 0 Å². The van der Waals surface area contributed by atoms with Crippen molar-refractivity contribution in [2.24, 2.45) is 17.0 Å². The molecule has 1 aliphatic rings. The Kier molecular flexibility index (Phi) is 5.41. The molecule has 0 amide bonds. The maximum Gasteiger partial charge on any atom is 0.238 e. The molecule has 0 aliphatic heterocycles. The van der Waals surface area contributed by atoms with Gasteiger partial charge in [0.1, 0.15) is 0 Å². The van der Waals surface area contributed by atoms with Gasteiger partial charge in [-0.3, -0.25) is 0 Å². The molecule has 0 unspecified atom stereocenters. The average molecular weight is 310 g/mol. The maximum atomic E-state index is 11.3. The number of nitrogens with one attached hydrogen (secondary N) is 1. The van der Waals surface area contributed by atoms with Crippen molar-refractivity contribution in [2.45, 2.75) is 57.0 Å². The van der Waals surface area contributed by atoms with Gasteiger partial charge < -0.3 is 5.32 Å². The minimum atomic E-state index is -3.61. The largest absolute Gasteiger partial charge is 0.310 e. The van der Waals surface area contributed by atoms with Crippen LogP contribution in [-0.2, 0) is 16.6 Å². The smallest absolute Gasteiger partial charge is 0.238 e. The normalized spacial score (nSPS) is 23.4. The number of benzene rings is 1. The molecular formula is C16H26N2O2S. The molecule has 1 saturated carbocycles. The molecule has 1 aromatic rings. The molecule has 0 heterocycles. The summed E-state index contributed by atoms with van der Waals surface area (Å²) < 4.78 is 22.7. The zero-order chi connectivity index (χ0) is 15.5. The number of nitrogens with two attached hydrogens (primary N) is 1. The van der Waals surface area contributed by atoms with Gasteiger partial charge in [-0.2, -0.15) is 0 Å². The SMILES string of the molecule is CC(C)C1CCC(NCc2cccc(S(N)(=O)=O)c2)CC1. The Hall–Kier alpha value is -0.910. The number of hydrogen-bond donors (Lipinski definition) is 2. The third-order valence-electron chi connectivity index (χ3n) is 4.54. The van der Waals surface area contributed by atoms with E-state index in [-0.39, 0.29) is 4.90 Å². The van der Waals surface area contributed by atoms with Gasteiger partial charge in [-0.1, -0.05) is 26.0 Å². The van der Waals surface area contributed by atoms with E-state index < -0.39 is 10.0 Å². The van der Waals surface area contributed by atoms with Gasteiger partial charge in [0.15, 0.2) is 0 Å². The van der Waals surface area contributed by atoms with Crippen LogP contribution in [-0.4, -0.2) is 14.5 Å². The molecule has 1 aromatic carbocycles. The van der Waals surface area contributed by atoms with Crippen molar-refractivity contribution in [3.63, 3.8) is 0 Å². The lowest BCUT2D eigenvalue weighted by Gasteiger charge is -2.31. The maximum absolute atomic E-state index is 11.3. The molecule has 0 spiro atoms. The summed E-state index contributed by atoms with van der Waals surface area (Å²) in [6.07, 6.45) is 4.98. The monoisotopic (exact) mass is 310 g/mol. The van der Waals surface area contributed by atoms with Gasteiger partial charge in [-0.15, -0.1) is 0 Å². The van der Waals surface area contributed by atoms with E-state index in [9.17, 15) is 8.42 Å². The Balaban J connectivity index is 1.87. The van der Waals surface area contributed by atoms with E-state index in [0.717, 1.165) is 17.4 Å². The molecule has 2 rings (SSSR count). The predicted octanol–water partition coefficient (Wildman–Crippen LogP) is 2.64. The molecular weight excluding hydrogens is 284 g/mol. The third-order valence-corrected chi connectivity index (χ3v) is 5.45.